The topological polar surface area (TPSA) is 123 Å². The maximum atomic E-state index is 12.9. The van der Waals surface area contributed by atoms with Crippen molar-refractivity contribution < 1.29 is 28.7 Å². The summed E-state index contributed by atoms with van der Waals surface area (Å²) < 4.78 is 10.3. The van der Waals surface area contributed by atoms with Gasteiger partial charge in [-0.25, -0.2) is 9.59 Å². The van der Waals surface area contributed by atoms with Gasteiger partial charge in [0.25, 0.3) is 0 Å². The number of nitrogens with one attached hydrogen (secondary N) is 3. The molecule has 1 aliphatic heterocycles. The van der Waals surface area contributed by atoms with E-state index in [1.165, 1.54) is 7.11 Å². The minimum atomic E-state index is -0.956. The number of benzene rings is 1. The van der Waals surface area contributed by atoms with Crippen molar-refractivity contribution >= 4 is 35.5 Å². The van der Waals surface area contributed by atoms with Crippen molar-refractivity contribution in [1.82, 2.24) is 16.0 Å². The van der Waals surface area contributed by atoms with E-state index in [4.69, 9.17) is 21.1 Å². The molecule has 1 fully saturated rings. The molecule has 36 heavy (non-hydrogen) atoms. The summed E-state index contributed by atoms with van der Waals surface area (Å²) in [6, 6.07) is 5.84. The molecule has 1 heterocycles. The molecule has 200 valence electrons. The van der Waals surface area contributed by atoms with E-state index in [1.807, 2.05) is 52.8 Å². The summed E-state index contributed by atoms with van der Waals surface area (Å²) in [6.45, 7) is 10.2. The summed E-state index contributed by atoms with van der Waals surface area (Å²) >= 11 is 6.09. The van der Waals surface area contributed by atoms with Gasteiger partial charge in [-0.2, -0.15) is 0 Å². The number of carbonyl (C=O) groups excluding carboxylic acids is 4. The summed E-state index contributed by atoms with van der Waals surface area (Å²) in [7, 11) is 1.23. The van der Waals surface area contributed by atoms with Gasteiger partial charge >= 0.3 is 12.1 Å². The molecule has 0 aliphatic carbocycles. The quantitative estimate of drug-likeness (QED) is 0.404. The van der Waals surface area contributed by atoms with Crippen LogP contribution in [0.3, 0.4) is 0 Å². The number of rotatable bonds is 10. The van der Waals surface area contributed by atoms with Crippen LogP contribution in [0.4, 0.5) is 4.79 Å². The molecule has 9 nitrogen and oxygen atoms in total. The lowest BCUT2D eigenvalue weighted by Crippen LogP contribution is -2.50. The fourth-order valence-corrected chi connectivity index (χ4v) is 4.14. The minimum absolute atomic E-state index is 0.0827. The Bertz CT molecular complexity index is 959. The molecule has 3 amide bonds. The highest BCUT2D eigenvalue weighted by Gasteiger charge is 2.34. The molecule has 10 heteroatoms. The van der Waals surface area contributed by atoms with Crippen molar-refractivity contribution in [3.63, 3.8) is 0 Å². The van der Waals surface area contributed by atoms with Gasteiger partial charge in [-0.1, -0.05) is 58.4 Å². The Labute approximate surface area is 218 Å². The van der Waals surface area contributed by atoms with Gasteiger partial charge in [-0.15, -0.1) is 0 Å². The average Bonchev–Trinajstić information content (AvgIpc) is 3.20. The first kappa shape index (κ1) is 29.4. The molecule has 1 aliphatic rings. The van der Waals surface area contributed by atoms with Crippen LogP contribution in [0, 0.1) is 11.3 Å². The molecule has 2 rings (SSSR count). The van der Waals surface area contributed by atoms with Crippen molar-refractivity contribution in [3.8, 4) is 0 Å². The van der Waals surface area contributed by atoms with Crippen LogP contribution in [-0.4, -0.2) is 56.2 Å². The minimum Gasteiger partial charge on any atom is -0.467 e. The number of alkyl carbamates (subject to hydrolysis) is 1. The van der Waals surface area contributed by atoms with Crippen LogP contribution in [0.5, 0.6) is 0 Å². The highest BCUT2D eigenvalue weighted by atomic mass is 35.5. The average molecular weight is 524 g/mol. The number of halogens is 1. The molecule has 1 aromatic rings. The van der Waals surface area contributed by atoms with E-state index < -0.39 is 40.9 Å². The summed E-state index contributed by atoms with van der Waals surface area (Å²) in [5, 5.41) is 8.79. The highest BCUT2D eigenvalue weighted by Crippen LogP contribution is 2.27. The van der Waals surface area contributed by atoms with Gasteiger partial charge in [-0.05, 0) is 36.0 Å². The second-order valence-electron chi connectivity index (χ2n) is 10.9. The molecule has 0 bridgehead atoms. The zero-order valence-corrected chi connectivity index (χ0v) is 22.7. The van der Waals surface area contributed by atoms with Gasteiger partial charge < -0.3 is 25.4 Å². The largest absolute Gasteiger partial charge is 0.467 e. The molecule has 3 N–H and O–H groups in total. The van der Waals surface area contributed by atoms with Gasteiger partial charge in [0.05, 0.1) is 7.11 Å². The standard InChI is InChI=1S/C26H38ClN3O6/c1-25(2,3)20(30-24(34)36-15-26(4,5)17-8-7-9-18(27)13-17)14-21(31)29-19(23(33)35-6)12-16-10-11-28-22(16)32/h7-9,13,16,19-20H,10-12,14-15H2,1-6H3,(H,28,32)(H,29,31)(H,30,34)/t16-,19-,20+/m0/s1. The third kappa shape index (κ3) is 8.69. The first-order valence-corrected chi connectivity index (χ1v) is 12.4. The molecular weight excluding hydrogens is 486 g/mol. The maximum absolute atomic E-state index is 12.9. The van der Waals surface area contributed by atoms with E-state index in [-0.39, 0.29) is 31.3 Å². The van der Waals surface area contributed by atoms with E-state index in [0.29, 0.717) is 18.0 Å². The SMILES string of the molecule is COC(=O)[C@H](C[C@@H]1CCNC1=O)NC(=O)C[C@@H](NC(=O)OCC(C)(C)c1cccc(Cl)c1)C(C)(C)C. The summed E-state index contributed by atoms with van der Waals surface area (Å²) in [4.78, 5) is 49.7. The molecule has 0 aromatic heterocycles. The summed E-state index contributed by atoms with van der Waals surface area (Å²) in [6.07, 6.45) is 0.00944. The normalized spacial score (nSPS) is 17.5. The lowest BCUT2D eigenvalue weighted by atomic mass is 9.84. The smallest absolute Gasteiger partial charge is 0.407 e. The highest BCUT2D eigenvalue weighted by molar-refractivity contribution is 6.30. The molecule has 0 saturated carbocycles. The molecule has 3 atom stereocenters. The zero-order chi connectivity index (χ0) is 27.1. The van der Waals surface area contributed by atoms with Gasteiger partial charge in [0.15, 0.2) is 0 Å². The predicted molar refractivity (Wildman–Crippen MR) is 137 cm³/mol. The summed E-state index contributed by atoms with van der Waals surface area (Å²) in [5.41, 5.74) is -0.0264. The second-order valence-corrected chi connectivity index (χ2v) is 11.3. The summed E-state index contributed by atoms with van der Waals surface area (Å²) in [5.74, 6) is -1.58. The molecule has 0 unspecified atom stereocenters. The molecule has 0 radical (unpaired) electrons. The van der Waals surface area contributed by atoms with Crippen molar-refractivity contribution in [2.45, 2.75) is 71.4 Å². The van der Waals surface area contributed by atoms with Crippen LogP contribution in [-0.2, 0) is 29.3 Å². The van der Waals surface area contributed by atoms with Gasteiger partial charge in [0.2, 0.25) is 11.8 Å². The molecule has 1 aromatic carbocycles. The maximum Gasteiger partial charge on any atom is 0.407 e. The second kappa shape index (κ2) is 12.4. The number of hydrogen-bond donors (Lipinski definition) is 3. The van der Waals surface area contributed by atoms with E-state index in [1.54, 1.807) is 6.07 Å². The number of amides is 3. The first-order chi connectivity index (χ1) is 16.7. The fourth-order valence-electron chi connectivity index (χ4n) is 3.95. The Kier molecular flexibility index (Phi) is 10.2. The lowest BCUT2D eigenvalue weighted by Gasteiger charge is -2.32. The Morgan fingerprint density at radius 2 is 1.86 bits per heavy atom. The third-order valence-electron chi connectivity index (χ3n) is 6.40. The zero-order valence-electron chi connectivity index (χ0n) is 21.9. The first-order valence-electron chi connectivity index (χ1n) is 12.1. The Morgan fingerprint density at radius 1 is 1.17 bits per heavy atom. The van der Waals surface area contributed by atoms with Crippen LogP contribution in [0.25, 0.3) is 0 Å². The van der Waals surface area contributed by atoms with E-state index in [0.717, 1.165) is 5.56 Å². The molecule has 0 spiro atoms. The molecular formula is C26H38ClN3O6. The van der Waals surface area contributed by atoms with Crippen LogP contribution < -0.4 is 16.0 Å². The van der Waals surface area contributed by atoms with Crippen molar-refractivity contribution in [2.75, 3.05) is 20.3 Å². The van der Waals surface area contributed by atoms with E-state index in [2.05, 4.69) is 16.0 Å². The van der Waals surface area contributed by atoms with Gasteiger partial charge in [0.1, 0.15) is 12.6 Å². The number of ether oxygens (including phenoxy) is 2. The van der Waals surface area contributed by atoms with Crippen LogP contribution in [0.2, 0.25) is 5.02 Å². The van der Waals surface area contributed by atoms with Crippen molar-refractivity contribution in [2.24, 2.45) is 11.3 Å². The molecule has 1 saturated heterocycles. The Hall–Kier alpha value is -2.81. The number of methoxy groups -OCH3 is 1. The third-order valence-corrected chi connectivity index (χ3v) is 6.64. The van der Waals surface area contributed by atoms with Crippen LogP contribution >= 0.6 is 11.6 Å². The van der Waals surface area contributed by atoms with Crippen molar-refractivity contribution in [3.05, 3.63) is 34.9 Å². The number of esters is 1. The number of carbonyl (C=O) groups is 4. The van der Waals surface area contributed by atoms with Gasteiger partial charge in [-0.3, -0.25) is 9.59 Å². The van der Waals surface area contributed by atoms with Crippen LogP contribution in [0.15, 0.2) is 24.3 Å². The Balaban J connectivity index is 1.99. The predicted octanol–water partition coefficient (Wildman–Crippen LogP) is 3.33. The van der Waals surface area contributed by atoms with Crippen molar-refractivity contribution in [1.29, 1.82) is 0 Å². The van der Waals surface area contributed by atoms with E-state index in [9.17, 15) is 19.2 Å². The van der Waals surface area contributed by atoms with Gasteiger partial charge in [0, 0.05) is 35.4 Å². The Morgan fingerprint density at radius 3 is 2.42 bits per heavy atom. The monoisotopic (exact) mass is 523 g/mol. The number of hydrogen-bond acceptors (Lipinski definition) is 6. The van der Waals surface area contributed by atoms with E-state index >= 15 is 0 Å². The fraction of sp³-hybridized carbons (Fsp3) is 0.615. The lowest BCUT2D eigenvalue weighted by molar-refractivity contribution is -0.146. The van der Waals surface area contributed by atoms with Crippen LogP contribution in [0.1, 0.15) is 59.4 Å².